The maximum Gasteiger partial charge on any atom is 0.310 e. The van der Waals surface area contributed by atoms with E-state index in [1.54, 1.807) is 12.1 Å². The Labute approximate surface area is 179 Å². The van der Waals surface area contributed by atoms with Crippen molar-refractivity contribution in [2.24, 2.45) is 0 Å². The highest BCUT2D eigenvalue weighted by Crippen LogP contribution is 2.29. The summed E-state index contributed by atoms with van der Waals surface area (Å²) >= 11 is 5.97. The Bertz CT molecular complexity index is 909. The van der Waals surface area contributed by atoms with Gasteiger partial charge in [0.15, 0.2) is 12.4 Å². The molecule has 2 aliphatic heterocycles. The van der Waals surface area contributed by atoms with Gasteiger partial charge in [0.05, 0.1) is 11.1 Å². The molecule has 30 heavy (non-hydrogen) atoms. The fourth-order valence-electron chi connectivity index (χ4n) is 4.19. The molecule has 2 bridgehead atoms. The lowest BCUT2D eigenvalue weighted by atomic mass is 9.97. The van der Waals surface area contributed by atoms with Crippen molar-refractivity contribution in [2.45, 2.75) is 37.6 Å². The number of amides is 1. The van der Waals surface area contributed by atoms with Crippen LogP contribution in [0.2, 0.25) is 5.02 Å². The first kappa shape index (κ1) is 20.6. The number of nitrogens with one attached hydrogen (secondary N) is 2. The maximum absolute atomic E-state index is 12.4. The highest BCUT2D eigenvalue weighted by molar-refractivity contribution is 6.30. The van der Waals surface area contributed by atoms with Crippen LogP contribution in [-0.2, 0) is 11.3 Å². The predicted molar refractivity (Wildman–Crippen MR) is 112 cm³/mol. The van der Waals surface area contributed by atoms with E-state index in [-0.39, 0.29) is 36.2 Å². The Balaban J connectivity index is 1.29. The van der Waals surface area contributed by atoms with Crippen molar-refractivity contribution in [2.75, 3.05) is 13.2 Å². The smallest absolute Gasteiger partial charge is 0.310 e. The Kier molecular flexibility index (Phi) is 6.17. The summed E-state index contributed by atoms with van der Waals surface area (Å²) in [5, 5.41) is 18.3. The summed E-state index contributed by atoms with van der Waals surface area (Å²) in [6, 6.07) is 14.3. The van der Waals surface area contributed by atoms with Gasteiger partial charge in [0, 0.05) is 36.3 Å². The van der Waals surface area contributed by atoms with Crippen LogP contribution in [0.4, 0.5) is 5.69 Å². The molecule has 2 N–H and O–H groups in total. The number of nitro groups is 1. The van der Waals surface area contributed by atoms with E-state index in [0.717, 1.165) is 31.0 Å². The number of rotatable bonds is 7. The monoisotopic (exact) mass is 430 g/mol. The van der Waals surface area contributed by atoms with Gasteiger partial charge < -0.3 is 15.4 Å². The summed E-state index contributed by atoms with van der Waals surface area (Å²) in [6.07, 6.45) is 1.83. The number of hydrogen-bond acceptors (Lipinski definition) is 6. The topological polar surface area (TPSA) is 96.7 Å². The van der Waals surface area contributed by atoms with Crippen LogP contribution < -0.4 is 15.4 Å². The third-order valence-corrected chi connectivity index (χ3v) is 5.84. The SMILES string of the molecule is O=C(COc1ccccc1[N+](=O)[O-])N[C@H]1C[C@H]2CN[C@@H](C1)N2Cc1ccc(Cl)cc1. The zero-order valence-corrected chi connectivity index (χ0v) is 17.0. The second-order valence-corrected chi connectivity index (χ2v) is 8.06. The molecule has 0 aliphatic carbocycles. The van der Waals surface area contributed by atoms with E-state index in [0.29, 0.717) is 6.04 Å². The van der Waals surface area contributed by atoms with Gasteiger partial charge in [-0.15, -0.1) is 0 Å². The van der Waals surface area contributed by atoms with E-state index >= 15 is 0 Å². The number of hydrogen-bond donors (Lipinski definition) is 2. The molecule has 3 atom stereocenters. The van der Waals surface area contributed by atoms with Crippen molar-refractivity contribution in [3.05, 3.63) is 69.2 Å². The van der Waals surface area contributed by atoms with E-state index in [1.165, 1.54) is 17.7 Å². The van der Waals surface area contributed by atoms with Crippen LogP contribution >= 0.6 is 11.6 Å². The van der Waals surface area contributed by atoms with E-state index < -0.39 is 4.92 Å². The number of carbonyl (C=O) groups excluding carboxylic acids is 1. The van der Waals surface area contributed by atoms with Crippen molar-refractivity contribution in [1.82, 2.24) is 15.5 Å². The Morgan fingerprint density at radius 2 is 2.00 bits per heavy atom. The number of benzene rings is 2. The van der Waals surface area contributed by atoms with Crippen molar-refractivity contribution in [3.8, 4) is 5.75 Å². The molecule has 9 heteroatoms. The fraction of sp³-hybridized carbons (Fsp3) is 0.381. The van der Waals surface area contributed by atoms with Crippen LogP contribution in [0.3, 0.4) is 0 Å². The van der Waals surface area contributed by atoms with Crippen LogP contribution in [0.25, 0.3) is 0 Å². The van der Waals surface area contributed by atoms with Gasteiger partial charge in [-0.25, -0.2) is 0 Å². The lowest BCUT2D eigenvalue weighted by Gasteiger charge is -2.38. The lowest BCUT2D eigenvalue weighted by molar-refractivity contribution is -0.385. The normalized spacial score (nSPS) is 23.2. The standard InChI is InChI=1S/C21H23ClN4O4/c22-15-7-5-14(6-8-15)12-25-17-9-16(10-20(25)23-11-17)24-21(27)13-30-19-4-2-1-3-18(19)26(28)29/h1-8,16-17,20,23H,9-13H2,(H,24,27)/t16-,17-,20+/m0/s1. The number of nitro benzene ring substituents is 1. The molecule has 2 heterocycles. The highest BCUT2D eigenvalue weighted by Gasteiger charge is 2.40. The maximum atomic E-state index is 12.4. The zero-order valence-electron chi connectivity index (χ0n) is 16.3. The summed E-state index contributed by atoms with van der Waals surface area (Å²) in [7, 11) is 0. The van der Waals surface area contributed by atoms with Crippen molar-refractivity contribution >= 4 is 23.2 Å². The Hall–Kier alpha value is -2.68. The molecule has 0 unspecified atom stereocenters. The van der Waals surface area contributed by atoms with Gasteiger partial charge in [-0.2, -0.15) is 0 Å². The van der Waals surface area contributed by atoms with Crippen LogP contribution in [0.5, 0.6) is 5.75 Å². The Morgan fingerprint density at radius 1 is 1.23 bits per heavy atom. The molecular formula is C21H23ClN4O4. The lowest BCUT2D eigenvalue weighted by Crippen LogP contribution is -2.52. The predicted octanol–water partition coefficient (Wildman–Crippen LogP) is 2.71. The van der Waals surface area contributed by atoms with Gasteiger partial charge >= 0.3 is 5.69 Å². The number of halogens is 1. The Morgan fingerprint density at radius 3 is 2.73 bits per heavy atom. The molecule has 0 spiro atoms. The van der Waals surface area contributed by atoms with Crippen LogP contribution in [0, 0.1) is 10.1 Å². The first-order chi connectivity index (χ1) is 14.5. The molecule has 0 aromatic heterocycles. The summed E-state index contributed by atoms with van der Waals surface area (Å²) in [6.45, 7) is 1.47. The molecular weight excluding hydrogens is 408 g/mol. The molecule has 4 rings (SSSR count). The largest absolute Gasteiger partial charge is 0.477 e. The van der Waals surface area contributed by atoms with Crippen LogP contribution in [-0.4, -0.2) is 47.1 Å². The molecule has 2 aromatic rings. The minimum absolute atomic E-state index is 0.0401. The van der Waals surface area contributed by atoms with E-state index in [1.807, 2.05) is 24.3 Å². The number of carbonyl (C=O) groups is 1. The van der Waals surface area contributed by atoms with Gasteiger partial charge in [-0.3, -0.25) is 19.8 Å². The minimum Gasteiger partial charge on any atom is -0.477 e. The summed E-state index contributed by atoms with van der Waals surface area (Å²) in [5.74, 6) is -0.180. The van der Waals surface area contributed by atoms with Gasteiger partial charge in [-0.1, -0.05) is 35.9 Å². The van der Waals surface area contributed by atoms with E-state index in [2.05, 4.69) is 15.5 Å². The fourth-order valence-corrected chi connectivity index (χ4v) is 4.32. The number of fused-ring (bicyclic) bond motifs is 2. The number of ether oxygens (including phenoxy) is 1. The molecule has 0 saturated carbocycles. The van der Waals surface area contributed by atoms with Crippen LogP contribution in [0.15, 0.2) is 48.5 Å². The second kappa shape index (κ2) is 8.99. The van der Waals surface area contributed by atoms with Gasteiger partial charge in [0.1, 0.15) is 0 Å². The second-order valence-electron chi connectivity index (χ2n) is 7.63. The summed E-state index contributed by atoms with van der Waals surface area (Å²) in [5.41, 5.74) is 1.06. The number of nitrogens with zero attached hydrogens (tertiary/aromatic N) is 2. The highest BCUT2D eigenvalue weighted by atomic mass is 35.5. The number of piperidine rings is 1. The summed E-state index contributed by atoms with van der Waals surface area (Å²) < 4.78 is 5.39. The van der Waals surface area contributed by atoms with Crippen molar-refractivity contribution in [3.63, 3.8) is 0 Å². The van der Waals surface area contributed by atoms with Crippen molar-refractivity contribution < 1.29 is 14.5 Å². The molecule has 2 fully saturated rings. The molecule has 0 radical (unpaired) electrons. The first-order valence-corrected chi connectivity index (χ1v) is 10.3. The van der Waals surface area contributed by atoms with Gasteiger partial charge in [0.25, 0.3) is 5.91 Å². The van der Waals surface area contributed by atoms with E-state index in [9.17, 15) is 14.9 Å². The summed E-state index contributed by atoms with van der Waals surface area (Å²) in [4.78, 5) is 25.3. The average molecular weight is 431 g/mol. The minimum atomic E-state index is -0.521. The molecule has 2 aliphatic rings. The molecule has 2 aromatic carbocycles. The molecule has 8 nitrogen and oxygen atoms in total. The van der Waals surface area contributed by atoms with E-state index in [4.69, 9.17) is 16.3 Å². The molecule has 1 amide bonds. The zero-order chi connectivity index (χ0) is 21.1. The number of para-hydroxylation sites is 2. The average Bonchev–Trinajstić information content (AvgIpc) is 2.96. The van der Waals surface area contributed by atoms with Crippen molar-refractivity contribution in [1.29, 1.82) is 0 Å². The third kappa shape index (κ3) is 4.72. The first-order valence-electron chi connectivity index (χ1n) is 9.89. The van der Waals surface area contributed by atoms with Crippen LogP contribution in [0.1, 0.15) is 18.4 Å². The quantitative estimate of drug-likeness (QED) is 0.518. The third-order valence-electron chi connectivity index (χ3n) is 5.59. The molecule has 158 valence electrons. The van der Waals surface area contributed by atoms with Gasteiger partial charge in [-0.05, 0) is 36.6 Å². The molecule has 2 saturated heterocycles. The van der Waals surface area contributed by atoms with Gasteiger partial charge in [0.2, 0.25) is 0 Å².